The Balaban J connectivity index is 0. The number of rotatable bonds is 5. The second kappa shape index (κ2) is 13.1. The molecule has 0 aromatic rings. The van der Waals surface area contributed by atoms with Crippen LogP contribution in [0.15, 0.2) is 0 Å². The van der Waals surface area contributed by atoms with Crippen LogP contribution in [0.1, 0.15) is 40.5 Å². The van der Waals surface area contributed by atoms with E-state index in [4.69, 9.17) is 4.74 Å². The second-order valence-electron chi connectivity index (χ2n) is 1.89. The number of carbonyl (C=O) groups excluding carboxylic acids is 1. The van der Waals surface area contributed by atoms with Gasteiger partial charge in [0.25, 0.3) is 0 Å². The number of hydrogen-bond donors (Lipinski definition) is 1. The maximum Gasteiger partial charge on any atom is 0.222 e. The predicted octanol–water partition coefficient (Wildman–Crippen LogP) is 2.08. The molecule has 73 valence electrons. The first-order chi connectivity index (χ1) is 5.81. The Morgan fingerprint density at radius 1 is 1.42 bits per heavy atom. The van der Waals surface area contributed by atoms with Crippen molar-refractivity contribution in [1.82, 2.24) is 5.32 Å². The molecule has 0 aromatic heterocycles. The maximum absolute atomic E-state index is 10.7. The summed E-state index contributed by atoms with van der Waals surface area (Å²) >= 11 is 0. The van der Waals surface area contributed by atoms with Crippen LogP contribution in [-0.2, 0) is 9.53 Å². The van der Waals surface area contributed by atoms with Crippen LogP contribution in [0, 0.1) is 6.73 Å². The zero-order valence-electron chi connectivity index (χ0n) is 8.52. The number of amides is 1. The fourth-order valence-corrected chi connectivity index (χ4v) is 0.490. The molecule has 0 saturated heterocycles. The van der Waals surface area contributed by atoms with E-state index in [1.165, 1.54) is 6.73 Å². The molecule has 0 aliphatic heterocycles. The van der Waals surface area contributed by atoms with Crippen LogP contribution in [0.4, 0.5) is 0 Å². The normalized spacial score (nSPS) is 8.33. The largest absolute Gasteiger partial charge is 0.354 e. The molecule has 0 aliphatic rings. The van der Waals surface area contributed by atoms with E-state index in [0.29, 0.717) is 13.0 Å². The molecule has 0 rings (SSSR count). The fourth-order valence-electron chi connectivity index (χ4n) is 0.490. The number of nitrogens with one attached hydrogen (secondary N) is 1. The van der Waals surface area contributed by atoms with Crippen molar-refractivity contribution in [1.29, 1.82) is 0 Å². The summed E-state index contributed by atoms with van der Waals surface area (Å²) in [7, 11) is 0. The summed E-state index contributed by atoms with van der Waals surface area (Å²) in [5, 5.41) is 2.50. The fraction of sp³-hybridized carbons (Fsp3) is 0.778. The lowest BCUT2D eigenvalue weighted by Gasteiger charge is -2.01. The van der Waals surface area contributed by atoms with Crippen molar-refractivity contribution in [3.05, 3.63) is 6.73 Å². The predicted molar refractivity (Wildman–Crippen MR) is 50.3 cm³/mol. The van der Waals surface area contributed by atoms with Gasteiger partial charge in [0, 0.05) is 13.0 Å². The third-order valence-corrected chi connectivity index (χ3v) is 0.947. The lowest BCUT2D eigenvalue weighted by molar-refractivity contribution is -0.121. The van der Waals surface area contributed by atoms with Crippen LogP contribution < -0.4 is 5.32 Å². The third kappa shape index (κ3) is 12.1. The van der Waals surface area contributed by atoms with Gasteiger partial charge in [0.2, 0.25) is 5.91 Å². The van der Waals surface area contributed by atoms with Gasteiger partial charge in [-0.15, -0.1) is 0 Å². The lowest BCUT2D eigenvalue weighted by atomic mass is 10.3. The summed E-state index contributed by atoms with van der Waals surface area (Å²) in [4.78, 5) is 10.7. The number of carbonyl (C=O) groups is 1. The topological polar surface area (TPSA) is 38.3 Å². The van der Waals surface area contributed by atoms with Crippen LogP contribution in [0.3, 0.4) is 0 Å². The summed E-state index contributed by atoms with van der Waals surface area (Å²) < 4.78 is 4.79. The van der Waals surface area contributed by atoms with Crippen LogP contribution >= 0.6 is 0 Å². The van der Waals surface area contributed by atoms with E-state index < -0.39 is 0 Å². The summed E-state index contributed by atoms with van der Waals surface area (Å²) in [5.41, 5.74) is 0. The summed E-state index contributed by atoms with van der Waals surface area (Å²) in [6, 6.07) is 0. The van der Waals surface area contributed by atoms with E-state index in [-0.39, 0.29) is 5.91 Å². The van der Waals surface area contributed by atoms with Gasteiger partial charge in [-0.1, -0.05) is 20.8 Å². The van der Waals surface area contributed by atoms with Gasteiger partial charge in [0.05, 0.1) is 0 Å². The Labute approximate surface area is 75.5 Å². The first kappa shape index (κ1) is 14.0. The standard InChI is InChI=1S/C7H14NO2.C2H6/c1-3-5-7(9)8-6-10-4-2;1-2/h6H,3-5H2,1-2H3,(H,8,9);1-2H3. The third-order valence-electron chi connectivity index (χ3n) is 0.947. The molecule has 0 bridgehead atoms. The van der Waals surface area contributed by atoms with Gasteiger partial charge >= 0.3 is 0 Å². The van der Waals surface area contributed by atoms with Crippen LogP contribution in [0.5, 0.6) is 0 Å². The van der Waals surface area contributed by atoms with Gasteiger partial charge in [0.15, 0.2) is 6.73 Å². The molecule has 12 heavy (non-hydrogen) atoms. The molecule has 1 N–H and O–H groups in total. The van der Waals surface area contributed by atoms with Crippen molar-refractivity contribution < 1.29 is 9.53 Å². The van der Waals surface area contributed by atoms with Crippen LogP contribution in [0.2, 0.25) is 0 Å². The van der Waals surface area contributed by atoms with E-state index in [1.54, 1.807) is 0 Å². The Morgan fingerprint density at radius 2 is 2.00 bits per heavy atom. The molecule has 0 aliphatic carbocycles. The molecule has 0 fully saturated rings. The van der Waals surface area contributed by atoms with Gasteiger partial charge in [-0.25, -0.2) is 0 Å². The molecular formula is C9H20NO2. The average molecular weight is 174 g/mol. The molecule has 3 nitrogen and oxygen atoms in total. The van der Waals surface area contributed by atoms with Crippen molar-refractivity contribution in [2.75, 3.05) is 6.61 Å². The van der Waals surface area contributed by atoms with E-state index in [0.717, 1.165) is 6.42 Å². The molecule has 0 unspecified atom stereocenters. The monoisotopic (exact) mass is 174 g/mol. The van der Waals surface area contributed by atoms with Gasteiger partial charge in [-0.3, -0.25) is 4.79 Å². The van der Waals surface area contributed by atoms with Gasteiger partial charge in [-0.2, -0.15) is 0 Å². The molecule has 3 heteroatoms. The minimum atomic E-state index is 0.0101. The van der Waals surface area contributed by atoms with Crippen LogP contribution in [0.25, 0.3) is 0 Å². The van der Waals surface area contributed by atoms with E-state index in [1.807, 2.05) is 27.7 Å². The quantitative estimate of drug-likeness (QED) is 0.648. The van der Waals surface area contributed by atoms with Gasteiger partial charge in [-0.05, 0) is 13.3 Å². The maximum atomic E-state index is 10.7. The minimum Gasteiger partial charge on any atom is -0.354 e. The van der Waals surface area contributed by atoms with Gasteiger partial charge < -0.3 is 10.1 Å². The molecular weight excluding hydrogens is 154 g/mol. The number of hydrogen-bond acceptors (Lipinski definition) is 2. The molecule has 0 aromatic carbocycles. The highest BCUT2D eigenvalue weighted by atomic mass is 16.5. The van der Waals surface area contributed by atoms with E-state index in [9.17, 15) is 4.79 Å². The van der Waals surface area contributed by atoms with Crippen molar-refractivity contribution >= 4 is 5.91 Å². The molecule has 0 saturated carbocycles. The first-order valence-corrected chi connectivity index (χ1v) is 4.53. The summed E-state index contributed by atoms with van der Waals surface area (Å²) in [5.74, 6) is 0.0101. The van der Waals surface area contributed by atoms with Crippen LogP contribution in [-0.4, -0.2) is 12.5 Å². The van der Waals surface area contributed by atoms with Gasteiger partial charge in [0.1, 0.15) is 0 Å². The molecule has 0 spiro atoms. The SMILES string of the molecule is CC.CCCC(=O)N[CH]OCC. The van der Waals surface area contributed by atoms with E-state index >= 15 is 0 Å². The Morgan fingerprint density at radius 3 is 2.42 bits per heavy atom. The Hall–Kier alpha value is -0.570. The van der Waals surface area contributed by atoms with Crippen molar-refractivity contribution in [2.24, 2.45) is 0 Å². The zero-order valence-corrected chi connectivity index (χ0v) is 8.52. The highest BCUT2D eigenvalue weighted by Gasteiger charge is 1.96. The average Bonchev–Trinajstić information content (AvgIpc) is 2.09. The highest BCUT2D eigenvalue weighted by Crippen LogP contribution is 1.86. The minimum absolute atomic E-state index is 0.0101. The lowest BCUT2D eigenvalue weighted by Crippen LogP contribution is -2.20. The van der Waals surface area contributed by atoms with Crippen molar-refractivity contribution in [3.63, 3.8) is 0 Å². The van der Waals surface area contributed by atoms with Crippen molar-refractivity contribution in [2.45, 2.75) is 40.5 Å². The molecule has 1 radical (unpaired) electrons. The first-order valence-electron chi connectivity index (χ1n) is 4.53. The highest BCUT2D eigenvalue weighted by molar-refractivity contribution is 5.76. The smallest absolute Gasteiger partial charge is 0.222 e. The Kier molecular flexibility index (Phi) is 15.2. The summed E-state index contributed by atoms with van der Waals surface area (Å²) in [6.07, 6.45) is 1.43. The Bertz CT molecular complexity index is 94.5. The number of ether oxygens (including phenoxy) is 1. The second-order valence-corrected chi connectivity index (χ2v) is 1.89. The molecule has 0 heterocycles. The molecule has 1 amide bonds. The summed E-state index contributed by atoms with van der Waals surface area (Å²) in [6.45, 7) is 9.74. The van der Waals surface area contributed by atoms with Crippen molar-refractivity contribution in [3.8, 4) is 0 Å². The zero-order chi connectivity index (χ0) is 9.82. The molecule has 0 atom stereocenters. The van der Waals surface area contributed by atoms with E-state index in [2.05, 4.69) is 5.32 Å².